The highest BCUT2D eigenvalue weighted by Gasteiger charge is 2.73. The third-order valence-corrected chi connectivity index (χ3v) is 28.6. The maximum Gasteiger partial charge on any atom is 0.501 e. The number of β-amino-alcohol motifs (C(OH)–C–C–N with tert-alkyl or cyclic N) is 1. The van der Waals surface area contributed by atoms with Crippen molar-refractivity contribution in [3.05, 3.63) is 131 Å². The molecule has 8 aliphatic rings. The van der Waals surface area contributed by atoms with Crippen molar-refractivity contribution in [2.45, 2.75) is 200 Å². The van der Waals surface area contributed by atoms with E-state index in [9.17, 15) is 72.3 Å². The molecule has 3 aliphatic heterocycles. The Morgan fingerprint density at radius 2 is 1.43 bits per heavy atom. The van der Waals surface area contributed by atoms with E-state index >= 15 is 0 Å². The molecule has 0 spiro atoms. The molecule has 7 fully saturated rings. The Hall–Kier alpha value is -7.13. The smallest absolute Gasteiger partial charge is 0.391 e. The summed E-state index contributed by atoms with van der Waals surface area (Å²) in [6.07, 6.45) is 4.87. The number of thiazole rings is 1. The van der Waals surface area contributed by atoms with E-state index < -0.39 is 118 Å². The molecule has 1 aromatic heterocycles. The number of sulfone groups is 1. The van der Waals surface area contributed by atoms with Gasteiger partial charge in [0.2, 0.25) is 24.1 Å². The van der Waals surface area contributed by atoms with Crippen LogP contribution in [0, 0.1) is 28.6 Å². The summed E-state index contributed by atoms with van der Waals surface area (Å²) in [5.41, 5.74) is -2.27. The number of piperazine rings is 2. The lowest BCUT2D eigenvalue weighted by atomic mass is 9.32. The van der Waals surface area contributed by atoms with Crippen LogP contribution < -0.4 is 30.9 Å². The average Bonchev–Trinajstić information content (AvgIpc) is 1.42. The van der Waals surface area contributed by atoms with Crippen molar-refractivity contribution in [1.82, 2.24) is 45.3 Å². The van der Waals surface area contributed by atoms with Gasteiger partial charge >= 0.3 is 5.51 Å². The fourth-order valence-electron chi connectivity index (χ4n) is 16.8. The zero-order chi connectivity index (χ0) is 80.3. The van der Waals surface area contributed by atoms with Crippen LogP contribution in [0.1, 0.15) is 159 Å². The minimum absolute atomic E-state index is 0.0505. The van der Waals surface area contributed by atoms with E-state index in [0.29, 0.717) is 88.8 Å². The van der Waals surface area contributed by atoms with Gasteiger partial charge in [0.05, 0.1) is 45.2 Å². The van der Waals surface area contributed by atoms with Gasteiger partial charge in [-0.1, -0.05) is 101 Å². The topological polar surface area (TPSA) is 263 Å². The highest BCUT2D eigenvalue weighted by Crippen LogP contribution is 2.79. The molecule has 4 saturated carbocycles. The first-order chi connectivity index (χ1) is 52.9. The molecule has 5 atom stereocenters. The van der Waals surface area contributed by atoms with Crippen LogP contribution in [-0.2, 0) is 39.0 Å². The molecule has 610 valence electrons. The number of amides is 5. The molecular formula is C81H105F6N11O10S4. The number of anilines is 2. The van der Waals surface area contributed by atoms with Gasteiger partial charge in [0.15, 0.2) is 5.67 Å². The molecule has 112 heavy (non-hydrogen) atoms. The van der Waals surface area contributed by atoms with E-state index in [4.69, 9.17) is 0 Å². The maximum atomic E-state index is 14.9. The van der Waals surface area contributed by atoms with Crippen LogP contribution in [0.3, 0.4) is 0 Å². The molecule has 4 aromatic carbocycles. The van der Waals surface area contributed by atoms with Gasteiger partial charge in [0.1, 0.15) is 17.0 Å². The van der Waals surface area contributed by atoms with E-state index in [0.717, 1.165) is 117 Å². The minimum atomic E-state index is -6.18. The Balaban J connectivity index is 0.605. The number of aliphatic hydroxyl groups excluding tert-OH is 1. The quantitative estimate of drug-likeness (QED) is 0.00987. The van der Waals surface area contributed by atoms with E-state index in [-0.39, 0.29) is 54.5 Å². The number of nitrogens with zero attached hydrogens (tertiary/aromatic N) is 6. The molecule has 2 bridgehead atoms. The first-order valence-corrected chi connectivity index (χ1v) is 43.8. The summed E-state index contributed by atoms with van der Waals surface area (Å²) < 4.78 is 143. The number of benzene rings is 4. The number of sulfonamides is 1. The second-order valence-corrected chi connectivity index (χ2v) is 39.3. The number of carbonyl (C=O) groups is 5. The number of hydrogen-bond acceptors (Lipinski definition) is 18. The molecule has 31 heteroatoms. The van der Waals surface area contributed by atoms with Gasteiger partial charge in [-0.25, -0.2) is 39.7 Å². The van der Waals surface area contributed by atoms with Crippen molar-refractivity contribution in [1.29, 1.82) is 0 Å². The Morgan fingerprint density at radius 1 is 0.777 bits per heavy atom. The molecule has 5 aromatic rings. The Kier molecular flexibility index (Phi) is 25.9. The number of rotatable bonds is 33. The fourth-order valence-corrected chi connectivity index (χ4v) is 20.6. The SMILES string of the molecule is Cc1ncsc1-c1ccc([C@H](CC(=O)NCCCCCCN2CCN(CC[C@H](CSc3ccccc3)Nc3ccc(S(=O)(=O)NC(=O)c4ccc(N5CCN(CC6=C(C78CC(C(F)F)(C7)C8)CC(C)(C)CC6)CC5)cc4)cc3S(=O)(=O)C(F)(F)F)CC2)NC(=O)[C@@H]2C[C@@H](O)CN2C(=O)[C@@H](NC(=O)C2(F)CC2)C(C)(C)C)cc1. The number of halogens is 6. The maximum absolute atomic E-state index is 14.9. The first kappa shape index (κ1) is 84.3. The molecule has 0 unspecified atom stereocenters. The fraction of sp³-hybridized carbons (Fsp3) is 0.580. The second-order valence-electron chi connectivity index (χ2n) is 33.7. The molecule has 5 aliphatic carbocycles. The van der Waals surface area contributed by atoms with E-state index in [1.165, 1.54) is 51.3 Å². The Bertz CT molecular complexity index is 4450. The van der Waals surface area contributed by atoms with Crippen LogP contribution in [0.15, 0.2) is 128 Å². The van der Waals surface area contributed by atoms with Crippen LogP contribution in [0.25, 0.3) is 10.4 Å². The summed E-state index contributed by atoms with van der Waals surface area (Å²) >= 11 is 2.90. The molecule has 13 rings (SSSR count). The number of unbranched alkanes of at least 4 members (excludes halogenated alkanes) is 3. The number of carbonyl (C=O) groups excluding carboxylic acids is 5. The predicted octanol–water partition coefficient (Wildman–Crippen LogP) is 12.1. The first-order valence-electron chi connectivity index (χ1n) is 39.0. The van der Waals surface area contributed by atoms with Crippen molar-refractivity contribution in [2.24, 2.45) is 21.7 Å². The van der Waals surface area contributed by atoms with Crippen LogP contribution in [0.5, 0.6) is 0 Å². The predicted molar refractivity (Wildman–Crippen MR) is 421 cm³/mol. The van der Waals surface area contributed by atoms with Crippen molar-refractivity contribution in [3.8, 4) is 10.4 Å². The Labute approximate surface area is 661 Å². The number of aryl methyl sites for hydroxylation is 1. The largest absolute Gasteiger partial charge is 0.501 e. The summed E-state index contributed by atoms with van der Waals surface area (Å²) in [7, 11) is -11.1. The van der Waals surface area contributed by atoms with E-state index in [1.807, 2.05) is 66.2 Å². The number of hydrogen-bond donors (Lipinski definition) is 6. The lowest BCUT2D eigenvalue weighted by molar-refractivity contribution is -0.250. The third-order valence-electron chi connectivity index (χ3n) is 23.6. The molecule has 6 N–H and O–H groups in total. The number of thioether (sulfide) groups is 1. The Morgan fingerprint density at radius 3 is 2.05 bits per heavy atom. The monoisotopic (exact) mass is 1630 g/mol. The highest BCUT2D eigenvalue weighted by molar-refractivity contribution is 7.99. The summed E-state index contributed by atoms with van der Waals surface area (Å²) in [6.45, 7) is 19.6. The molecule has 4 heterocycles. The van der Waals surface area contributed by atoms with Crippen LogP contribution in [0.2, 0.25) is 0 Å². The van der Waals surface area contributed by atoms with Gasteiger partial charge in [-0.2, -0.15) is 13.2 Å². The number of nitrogens with one attached hydrogen (secondary N) is 5. The number of alkyl halides is 6. The standard InChI is InChI=1S/C81H105F6N11O10S4/c1-53-69(110-52-89-53)55-18-16-54(17-19-55)65(91-72(102)66-42-60(99)47-98(66)73(103)70(76(2,3)4)92-75(104)80(84)29-30-80)44-68(100)88-31-12-7-8-13-32-94-34-36-95(37-35-94)33-27-58(48-109-61-14-10-9-11-15-61)90-64-25-24-62(43-67(64)111(105,106)81(85,86)87)112(107,108)93-71(101)56-20-22-59(23-21-56)97-40-38-96(39-41-97)46-57-26-28-77(5,6)45-63(57)78-49-79(50-78,51-78)74(82)83/h9-11,14-25,43,52,58,60,65-66,70,74,90,99H,7-8,12-13,26-42,44-51H2,1-6H3,(H,88,100)(H,91,102)(H,92,104)(H,93,101)/t58-,60-,65+,66+,70-,78?,79?/m1/s1. The van der Waals surface area contributed by atoms with E-state index in [1.54, 1.807) is 38.4 Å². The van der Waals surface area contributed by atoms with Crippen molar-refractivity contribution < 1.29 is 72.3 Å². The molecule has 21 nitrogen and oxygen atoms in total. The van der Waals surface area contributed by atoms with Crippen LogP contribution in [-0.4, -0.2) is 209 Å². The summed E-state index contributed by atoms with van der Waals surface area (Å²) in [5.74, 6) is -3.20. The normalized spacial score (nSPS) is 23.0. The minimum Gasteiger partial charge on any atom is -0.391 e. The lowest BCUT2D eigenvalue weighted by Gasteiger charge is -2.72. The molecule has 3 saturated heterocycles. The average molecular weight is 1640 g/mol. The summed E-state index contributed by atoms with van der Waals surface area (Å²) in [4.78, 5) is 83.2. The van der Waals surface area contributed by atoms with Crippen molar-refractivity contribution in [2.75, 3.05) is 101 Å². The van der Waals surface area contributed by atoms with E-state index in [2.05, 4.69) is 59.7 Å². The highest BCUT2D eigenvalue weighted by atomic mass is 32.2. The van der Waals surface area contributed by atoms with Gasteiger partial charge in [0, 0.05) is 118 Å². The molecule has 0 radical (unpaired) electrons. The second kappa shape index (κ2) is 34.4. The zero-order valence-corrected chi connectivity index (χ0v) is 67.8. The number of aromatic nitrogens is 1. The summed E-state index contributed by atoms with van der Waals surface area (Å²) in [6, 6.07) is 21.6. The van der Waals surface area contributed by atoms with Crippen molar-refractivity contribution in [3.63, 3.8) is 0 Å². The zero-order valence-electron chi connectivity index (χ0n) is 64.5. The van der Waals surface area contributed by atoms with Gasteiger partial charge in [-0.05, 0) is 166 Å². The van der Waals surface area contributed by atoms with Gasteiger partial charge in [-0.15, -0.1) is 23.1 Å². The van der Waals surface area contributed by atoms with Gasteiger partial charge < -0.3 is 46.0 Å². The number of likely N-dealkylation sites (tertiary alicyclic amines) is 1. The molecule has 5 amide bonds. The summed E-state index contributed by atoms with van der Waals surface area (Å²) in [5, 5.41) is 22.5. The lowest BCUT2D eigenvalue weighted by Crippen LogP contribution is -2.66. The number of allylic oxidation sites excluding steroid dienone is 1. The van der Waals surface area contributed by atoms with Crippen molar-refractivity contribution >= 4 is 83.9 Å². The van der Waals surface area contributed by atoms with Crippen LogP contribution >= 0.6 is 23.1 Å². The molecular weight excluding hydrogens is 1530 g/mol. The number of aliphatic hydroxyl groups is 1. The van der Waals surface area contributed by atoms with Crippen LogP contribution in [0.4, 0.5) is 37.7 Å². The third kappa shape index (κ3) is 19.9. The van der Waals surface area contributed by atoms with Gasteiger partial charge in [-0.3, -0.25) is 28.9 Å². The van der Waals surface area contributed by atoms with Gasteiger partial charge in [0.25, 0.3) is 31.7 Å².